The summed E-state index contributed by atoms with van der Waals surface area (Å²) in [4.78, 5) is 4.45. The molecule has 0 N–H and O–H groups in total. The molecule has 0 bridgehead atoms. The van der Waals surface area contributed by atoms with Gasteiger partial charge in [0.25, 0.3) is 0 Å². The van der Waals surface area contributed by atoms with Gasteiger partial charge in [-0.15, -0.1) is 0 Å². The molecule has 1 aliphatic heterocycles. The van der Waals surface area contributed by atoms with E-state index in [9.17, 15) is 4.39 Å². The molecule has 0 saturated heterocycles. The van der Waals surface area contributed by atoms with Crippen LogP contribution in [0.2, 0.25) is 5.02 Å². The van der Waals surface area contributed by atoms with Crippen molar-refractivity contribution in [1.29, 1.82) is 0 Å². The minimum absolute atomic E-state index is 0.110. The molecule has 26 heavy (non-hydrogen) atoms. The first-order chi connectivity index (χ1) is 12.4. The summed E-state index contributed by atoms with van der Waals surface area (Å²) in [7, 11) is 0. The molecular weight excluding hydrogens is 349 g/mol. The van der Waals surface area contributed by atoms with Crippen molar-refractivity contribution in [3.8, 4) is 0 Å². The van der Waals surface area contributed by atoms with Crippen LogP contribution in [0, 0.1) is 5.82 Å². The van der Waals surface area contributed by atoms with Gasteiger partial charge >= 0.3 is 0 Å². The number of allylic oxidation sites excluding steroid dienone is 5. The number of halogens is 2. The highest BCUT2D eigenvalue weighted by atomic mass is 35.5. The molecule has 1 heterocycles. The maximum atomic E-state index is 13.9. The molecule has 1 aliphatic rings. The number of aliphatic imine (C=N–C) groups is 1. The van der Waals surface area contributed by atoms with E-state index < -0.39 is 5.82 Å². The van der Waals surface area contributed by atoms with E-state index in [1.165, 1.54) is 6.07 Å². The Morgan fingerprint density at radius 3 is 2.73 bits per heavy atom. The third-order valence-electron chi connectivity index (χ3n) is 3.88. The third-order valence-corrected chi connectivity index (χ3v) is 4.19. The van der Waals surface area contributed by atoms with Crippen LogP contribution in [0.25, 0.3) is 0 Å². The van der Waals surface area contributed by atoms with Crippen LogP contribution in [0.4, 0.5) is 4.39 Å². The maximum absolute atomic E-state index is 13.9. The largest absolute Gasteiger partial charge is 0.259 e. The SMILES string of the molecule is C=C(C)/N=C(\C=C/C)C1=CC(=C)N(C(CC)c2ccc(Cl)c(F)c2)N=C1. The molecule has 1 aromatic rings. The zero-order valence-electron chi connectivity index (χ0n) is 15.3. The number of rotatable bonds is 6. The van der Waals surface area contributed by atoms with Crippen LogP contribution in [0.3, 0.4) is 0 Å². The molecule has 2 rings (SSSR count). The topological polar surface area (TPSA) is 28.0 Å². The number of benzene rings is 1. The van der Waals surface area contributed by atoms with Crippen LogP contribution < -0.4 is 0 Å². The average Bonchev–Trinajstić information content (AvgIpc) is 2.59. The normalized spacial score (nSPS) is 16.2. The van der Waals surface area contributed by atoms with Gasteiger partial charge in [0, 0.05) is 11.3 Å². The molecule has 3 nitrogen and oxygen atoms in total. The monoisotopic (exact) mass is 371 g/mol. The second kappa shape index (κ2) is 8.77. The van der Waals surface area contributed by atoms with Crippen LogP contribution in [0.5, 0.6) is 0 Å². The minimum atomic E-state index is -0.436. The lowest BCUT2D eigenvalue weighted by Crippen LogP contribution is -2.25. The number of hydrogen-bond acceptors (Lipinski definition) is 3. The van der Waals surface area contributed by atoms with Gasteiger partial charge in [-0.3, -0.25) is 10.0 Å². The molecule has 1 aromatic carbocycles. The standard InChI is InChI=1S/C21H23ClFN3/c1-6-8-20(25-14(3)4)17-11-15(5)26(24-13-17)21(7-2)16-9-10-18(22)19(23)12-16/h6,8-13,21H,3,5,7H2,1-2,4H3/b8-6-,25-20+. The summed E-state index contributed by atoms with van der Waals surface area (Å²) in [5.41, 5.74) is 3.85. The number of hydrogen-bond donors (Lipinski definition) is 0. The number of nitrogens with zero attached hydrogens (tertiary/aromatic N) is 3. The molecule has 0 amide bonds. The first kappa shape index (κ1) is 19.9. The third kappa shape index (κ3) is 4.58. The maximum Gasteiger partial charge on any atom is 0.142 e. The van der Waals surface area contributed by atoms with Gasteiger partial charge in [-0.05, 0) is 50.1 Å². The Bertz CT molecular complexity index is 834. The van der Waals surface area contributed by atoms with Crippen molar-refractivity contribution in [2.75, 3.05) is 0 Å². The first-order valence-electron chi connectivity index (χ1n) is 8.43. The zero-order valence-corrected chi connectivity index (χ0v) is 16.1. The van der Waals surface area contributed by atoms with Gasteiger partial charge in [-0.25, -0.2) is 4.39 Å². The highest BCUT2D eigenvalue weighted by Crippen LogP contribution is 2.32. The van der Waals surface area contributed by atoms with Gasteiger partial charge in [0.2, 0.25) is 0 Å². The van der Waals surface area contributed by atoms with E-state index in [1.807, 2.05) is 45.1 Å². The lowest BCUT2D eigenvalue weighted by Gasteiger charge is -2.31. The van der Waals surface area contributed by atoms with Crippen molar-refractivity contribution in [2.24, 2.45) is 10.1 Å². The molecule has 1 atom stereocenters. The van der Waals surface area contributed by atoms with Crippen LogP contribution >= 0.6 is 11.6 Å². The molecule has 0 radical (unpaired) electrons. The van der Waals surface area contributed by atoms with Gasteiger partial charge in [0.05, 0.1) is 28.7 Å². The van der Waals surface area contributed by atoms with Crippen LogP contribution in [0.1, 0.15) is 38.8 Å². The van der Waals surface area contributed by atoms with Gasteiger partial charge < -0.3 is 0 Å². The van der Waals surface area contributed by atoms with Crippen LogP contribution in [-0.4, -0.2) is 16.9 Å². The van der Waals surface area contributed by atoms with Crippen LogP contribution in [0.15, 0.2) is 76.6 Å². The summed E-state index contributed by atoms with van der Waals surface area (Å²) in [5, 5.41) is 6.44. The van der Waals surface area contributed by atoms with Gasteiger partial charge in [0.15, 0.2) is 0 Å². The van der Waals surface area contributed by atoms with E-state index in [0.717, 1.165) is 23.3 Å². The van der Waals surface area contributed by atoms with Gasteiger partial charge in [0.1, 0.15) is 5.82 Å². The lowest BCUT2D eigenvalue weighted by atomic mass is 10.0. The Balaban J connectivity index is 2.33. The summed E-state index contributed by atoms with van der Waals surface area (Å²) >= 11 is 5.80. The van der Waals surface area contributed by atoms with Crippen molar-refractivity contribution in [3.63, 3.8) is 0 Å². The summed E-state index contributed by atoms with van der Waals surface area (Å²) in [5.74, 6) is -0.436. The number of hydrazone groups is 1. The second-order valence-electron chi connectivity index (χ2n) is 6.01. The molecule has 1 unspecified atom stereocenters. The van der Waals surface area contributed by atoms with Crippen molar-refractivity contribution in [1.82, 2.24) is 5.01 Å². The minimum Gasteiger partial charge on any atom is -0.259 e. The van der Waals surface area contributed by atoms with Crippen molar-refractivity contribution in [2.45, 2.75) is 33.2 Å². The van der Waals surface area contributed by atoms with Gasteiger partial charge in [-0.2, -0.15) is 5.10 Å². The predicted octanol–water partition coefficient (Wildman–Crippen LogP) is 6.22. The van der Waals surface area contributed by atoms with Crippen molar-refractivity contribution in [3.05, 3.63) is 83.0 Å². The average molecular weight is 372 g/mol. The fraction of sp³-hybridized carbons (Fsp3) is 0.238. The van der Waals surface area contributed by atoms with Crippen LogP contribution in [-0.2, 0) is 0 Å². The Morgan fingerprint density at radius 2 is 2.19 bits per heavy atom. The fourth-order valence-electron chi connectivity index (χ4n) is 2.73. The Kier molecular flexibility index (Phi) is 6.70. The fourth-order valence-corrected chi connectivity index (χ4v) is 2.85. The molecule has 0 spiro atoms. The van der Waals surface area contributed by atoms with Crippen molar-refractivity contribution >= 4 is 23.5 Å². The molecular formula is C21H23ClFN3. The van der Waals surface area contributed by atoms with E-state index in [4.69, 9.17) is 11.6 Å². The molecule has 0 aliphatic carbocycles. The molecule has 0 fully saturated rings. The highest BCUT2D eigenvalue weighted by molar-refractivity contribution is 6.30. The predicted molar refractivity (Wildman–Crippen MR) is 109 cm³/mol. The molecule has 0 saturated carbocycles. The summed E-state index contributed by atoms with van der Waals surface area (Å²) in [6, 6.07) is 4.70. The van der Waals surface area contributed by atoms with E-state index >= 15 is 0 Å². The first-order valence-corrected chi connectivity index (χ1v) is 8.81. The van der Waals surface area contributed by atoms with E-state index in [2.05, 4.69) is 23.3 Å². The van der Waals surface area contributed by atoms with E-state index in [-0.39, 0.29) is 11.1 Å². The second-order valence-corrected chi connectivity index (χ2v) is 6.42. The highest BCUT2D eigenvalue weighted by Gasteiger charge is 2.23. The lowest BCUT2D eigenvalue weighted by molar-refractivity contribution is 0.268. The van der Waals surface area contributed by atoms with E-state index in [0.29, 0.717) is 11.4 Å². The summed E-state index contributed by atoms with van der Waals surface area (Å²) < 4.78 is 13.9. The smallest absolute Gasteiger partial charge is 0.142 e. The Hall–Kier alpha value is -2.46. The van der Waals surface area contributed by atoms with Crippen molar-refractivity contribution < 1.29 is 4.39 Å². The Labute approximate surface area is 159 Å². The zero-order chi connectivity index (χ0) is 19.3. The van der Waals surface area contributed by atoms with Gasteiger partial charge in [-0.1, -0.05) is 43.8 Å². The summed E-state index contributed by atoms with van der Waals surface area (Å²) in [6.45, 7) is 13.7. The summed E-state index contributed by atoms with van der Waals surface area (Å²) in [6.07, 6.45) is 8.22. The molecule has 136 valence electrons. The quantitative estimate of drug-likeness (QED) is 0.545. The Morgan fingerprint density at radius 1 is 1.46 bits per heavy atom. The molecule has 5 heteroatoms. The molecule has 0 aromatic heterocycles. The van der Waals surface area contributed by atoms with E-state index in [1.54, 1.807) is 17.3 Å².